The van der Waals surface area contributed by atoms with Crippen molar-refractivity contribution in [3.63, 3.8) is 0 Å². The van der Waals surface area contributed by atoms with Crippen molar-refractivity contribution < 1.29 is 0 Å². The van der Waals surface area contributed by atoms with Crippen molar-refractivity contribution >= 4 is 11.8 Å². The largest absolute Gasteiger partial charge is 0.313 e. The van der Waals surface area contributed by atoms with Gasteiger partial charge in [0.25, 0.3) is 0 Å². The normalized spacial score (nSPS) is 16.8. The molecule has 0 radical (unpaired) electrons. The second kappa shape index (κ2) is 6.21. The first-order valence-electron chi connectivity index (χ1n) is 6.07. The second-order valence-electron chi connectivity index (χ2n) is 4.18. The molecule has 1 heterocycles. The molecule has 1 aromatic rings. The fourth-order valence-electron chi connectivity index (χ4n) is 1.92. The lowest BCUT2D eigenvalue weighted by Gasteiger charge is -2.07. The van der Waals surface area contributed by atoms with Gasteiger partial charge < -0.3 is 5.32 Å². The highest BCUT2D eigenvalue weighted by Gasteiger charge is 2.17. The van der Waals surface area contributed by atoms with Crippen molar-refractivity contribution in [3.05, 3.63) is 18.0 Å². The molecule has 3 nitrogen and oxygen atoms in total. The van der Waals surface area contributed by atoms with Crippen LogP contribution in [0.4, 0.5) is 0 Å². The van der Waals surface area contributed by atoms with E-state index in [9.17, 15) is 0 Å². The molecule has 1 saturated carbocycles. The molecule has 0 saturated heterocycles. The molecule has 88 valence electrons. The molecule has 1 aliphatic rings. The summed E-state index contributed by atoms with van der Waals surface area (Å²) in [7, 11) is 0. The first-order valence-corrected chi connectivity index (χ1v) is 6.94. The smallest absolute Gasteiger partial charge is 0.187 e. The van der Waals surface area contributed by atoms with Crippen molar-refractivity contribution in [1.82, 2.24) is 15.3 Å². The van der Waals surface area contributed by atoms with Crippen LogP contribution in [-0.2, 0) is 6.54 Å². The number of hydrogen-bond acceptors (Lipinski definition) is 4. The molecule has 0 aliphatic heterocycles. The van der Waals surface area contributed by atoms with Crippen molar-refractivity contribution in [2.75, 3.05) is 6.54 Å². The first kappa shape index (κ1) is 11.9. The quantitative estimate of drug-likeness (QED) is 0.799. The Hall–Kier alpha value is -0.610. The van der Waals surface area contributed by atoms with E-state index >= 15 is 0 Å². The van der Waals surface area contributed by atoms with Gasteiger partial charge in [-0.1, -0.05) is 31.5 Å². The van der Waals surface area contributed by atoms with Crippen LogP contribution in [0.15, 0.2) is 17.6 Å². The summed E-state index contributed by atoms with van der Waals surface area (Å²) in [4.78, 5) is 8.81. The minimum atomic E-state index is 0.750. The molecule has 2 rings (SSSR count). The van der Waals surface area contributed by atoms with Crippen LogP contribution in [0.5, 0.6) is 0 Å². The van der Waals surface area contributed by atoms with Crippen molar-refractivity contribution in [3.8, 4) is 0 Å². The van der Waals surface area contributed by atoms with E-state index in [0.29, 0.717) is 0 Å². The molecule has 0 aromatic carbocycles. The Morgan fingerprint density at radius 2 is 2.00 bits per heavy atom. The van der Waals surface area contributed by atoms with Crippen LogP contribution < -0.4 is 5.32 Å². The molecule has 0 unspecified atom stereocenters. The maximum absolute atomic E-state index is 4.41. The van der Waals surface area contributed by atoms with Crippen LogP contribution in [-0.4, -0.2) is 21.8 Å². The topological polar surface area (TPSA) is 37.8 Å². The monoisotopic (exact) mass is 237 g/mol. The SMILES string of the molecule is CCNCc1cnc(SC2CCCC2)nc1. The van der Waals surface area contributed by atoms with Gasteiger partial charge in [-0.3, -0.25) is 0 Å². The molecular weight excluding hydrogens is 218 g/mol. The van der Waals surface area contributed by atoms with Gasteiger partial charge in [-0.2, -0.15) is 0 Å². The molecular formula is C12H19N3S. The number of rotatable bonds is 5. The molecule has 1 N–H and O–H groups in total. The summed E-state index contributed by atoms with van der Waals surface area (Å²) in [5.74, 6) is 0. The predicted molar refractivity (Wildman–Crippen MR) is 67.5 cm³/mol. The third-order valence-corrected chi connectivity index (χ3v) is 4.06. The van der Waals surface area contributed by atoms with E-state index in [1.54, 1.807) is 0 Å². The van der Waals surface area contributed by atoms with Crippen molar-refractivity contribution in [2.24, 2.45) is 0 Å². The van der Waals surface area contributed by atoms with Gasteiger partial charge in [-0.25, -0.2) is 9.97 Å². The molecule has 1 aromatic heterocycles. The van der Waals surface area contributed by atoms with Gasteiger partial charge in [0, 0.05) is 29.8 Å². The third-order valence-electron chi connectivity index (χ3n) is 2.84. The van der Waals surface area contributed by atoms with Gasteiger partial charge in [0.15, 0.2) is 5.16 Å². The Morgan fingerprint density at radius 3 is 2.62 bits per heavy atom. The van der Waals surface area contributed by atoms with E-state index < -0.39 is 0 Å². The molecule has 1 fully saturated rings. The summed E-state index contributed by atoms with van der Waals surface area (Å²) in [5.41, 5.74) is 1.16. The van der Waals surface area contributed by atoms with Crippen LogP contribution in [0.1, 0.15) is 38.2 Å². The van der Waals surface area contributed by atoms with E-state index in [1.807, 2.05) is 24.2 Å². The molecule has 0 atom stereocenters. The Bertz CT molecular complexity index is 307. The summed E-state index contributed by atoms with van der Waals surface area (Å²) in [6.07, 6.45) is 9.27. The Kier molecular flexibility index (Phi) is 4.60. The summed E-state index contributed by atoms with van der Waals surface area (Å²) in [6, 6.07) is 0. The average molecular weight is 237 g/mol. The van der Waals surface area contributed by atoms with E-state index in [2.05, 4.69) is 22.2 Å². The van der Waals surface area contributed by atoms with Crippen LogP contribution in [0.3, 0.4) is 0 Å². The average Bonchev–Trinajstić information content (AvgIpc) is 2.81. The first-order chi connectivity index (χ1) is 7.88. The minimum absolute atomic E-state index is 0.750. The van der Waals surface area contributed by atoms with Gasteiger partial charge in [0.05, 0.1) is 0 Å². The maximum Gasteiger partial charge on any atom is 0.187 e. The molecule has 0 spiro atoms. The Morgan fingerprint density at radius 1 is 1.31 bits per heavy atom. The number of nitrogens with one attached hydrogen (secondary N) is 1. The van der Waals surface area contributed by atoms with Crippen LogP contribution in [0, 0.1) is 0 Å². The highest BCUT2D eigenvalue weighted by Crippen LogP contribution is 2.32. The summed E-state index contributed by atoms with van der Waals surface area (Å²) >= 11 is 1.84. The molecule has 4 heteroatoms. The Labute approximate surface area is 101 Å². The molecule has 16 heavy (non-hydrogen) atoms. The maximum atomic E-state index is 4.41. The van der Waals surface area contributed by atoms with Gasteiger partial charge in [-0.05, 0) is 19.4 Å². The van der Waals surface area contributed by atoms with Gasteiger partial charge in [0.2, 0.25) is 0 Å². The van der Waals surface area contributed by atoms with E-state index in [1.165, 1.54) is 25.7 Å². The number of hydrogen-bond donors (Lipinski definition) is 1. The third kappa shape index (κ3) is 3.46. The van der Waals surface area contributed by atoms with Gasteiger partial charge >= 0.3 is 0 Å². The van der Waals surface area contributed by atoms with Crippen molar-refractivity contribution in [1.29, 1.82) is 0 Å². The lowest BCUT2D eigenvalue weighted by atomic mass is 10.3. The zero-order chi connectivity index (χ0) is 11.2. The van der Waals surface area contributed by atoms with E-state index in [4.69, 9.17) is 0 Å². The van der Waals surface area contributed by atoms with Gasteiger partial charge in [-0.15, -0.1) is 0 Å². The van der Waals surface area contributed by atoms with Gasteiger partial charge in [0.1, 0.15) is 0 Å². The lowest BCUT2D eigenvalue weighted by Crippen LogP contribution is -2.12. The fourth-order valence-corrected chi connectivity index (χ4v) is 3.01. The molecule has 1 aliphatic carbocycles. The zero-order valence-corrected chi connectivity index (χ0v) is 10.6. The second-order valence-corrected chi connectivity index (χ2v) is 5.45. The number of aromatic nitrogens is 2. The van der Waals surface area contributed by atoms with E-state index in [0.717, 1.165) is 29.1 Å². The summed E-state index contributed by atoms with van der Waals surface area (Å²) in [6.45, 7) is 3.95. The van der Waals surface area contributed by atoms with Crippen LogP contribution in [0.25, 0.3) is 0 Å². The standard InChI is InChI=1S/C12H19N3S/c1-2-13-7-10-8-14-12(15-9-10)16-11-5-3-4-6-11/h8-9,11,13H,2-7H2,1H3. The Balaban J connectivity index is 1.86. The van der Waals surface area contributed by atoms with E-state index in [-0.39, 0.29) is 0 Å². The summed E-state index contributed by atoms with van der Waals surface area (Å²) < 4.78 is 0. The van der Waals surface area contributed by atoms with Crippen LogP contribution >= 0.6 is 11.8 Å². The molecule has 0 bridgehead atoms. The minimum Gasteiger partial charge on any atom is -0.313 e. The highest BCUT2D eigenvalue weighted by atomic mass is 32.2. The lowest BCUT2D eigenvalue weighted by molar-refractivity contribution is 0.716. The zero-order valence-electron chi connectivity index (χ0n) is 9.78. The number of nitrogens with zero attached hydrogens (tertiary/aromatic N) is 2. The number of thioether (sulfide) groups is 1. The summed E-state index contributed by atoms with van der Waals surface area (Å²) in [5, 5.41) is 4.96. The fraction of sp³-hybridized carbons (Fsp3) is 0.667. The molecule has 0 amide bonds. The van der Waals surface area contributed by atoms with Crippen molar-refractivity contribution in [2.45, 2.75) is 49.6 Å². The van der Waals surface area contributed by atoms with Crippen LogP contribution in [0.2, 0.25) is 0 Å². The predicted octanol–water partition coefficient (Wildman–Crippen LogP) is 2.62. The highest BCUT2D eigenvalue weighted by molar-refractivity contribution is 7.99.